The van der Waals surface area contributed by atoms with Crippen LogP contribution in [0.3, 0.4) is 0 Å². The number of benzene rings is 2. The fourth-order valence-electron chi connectivity index (χ4n) is 3.91. The molecule has 2 aromatic carbocycles. The van der Waals surface area contributed by atoms with Crippen LogP contribution in [-0.4, -0.2) is 13.2 Å². The molecule has 0 fully saturated rings. The van der Waals surface area contributed by atoms with Gasteiger partial charge in [-0.25, -0.2) is 0 Å². The Hall–Kier alpha value is -2.12. The molecule has 1 nitrogen and oxygen atoms in total. The molecule has 2 atom stereocenters. The molecular formula is C30H42O. The molecule has 31 heavy (non-hydrogen) atoms. The number of rotatable bonds is 12. The first kappa shape index (κ1) is 25.1. The van der Waals surface area contributed by atoms with Gasteiger partial charge in [-0.05, 0) is 59.1 Å². The van der Waals surface area contributed by atoms with E-state index in [9.17, 15) is 0 Å². The summed E-state index contributed by atoms with van der Waals surface area (Å²) in [5.41, 5.74) is 7.53. The van der Waals surface area contributed by atoms with Crippen LogP contribution in [0.1, 0.15) is 89.5 Å². The molecule has 0 amide bonds. The third-order valence-corrected chi connectivity index (χ3v) is 7.24. The van der Waals surface area contributed by atoms with Crippen LogP contribution in [0.15, 0.2) is 61.7 Å². The predicted molar refractivity (Wildman–Crippen MR) is 138 cm³/mol. The minimum atomic E-state index is 0.00343. The molecule has 0 aromatic heterocycles. The largest absolute Gasteiger partial charge is 0.380 e. The lowest BCUT2D eigenvalue weighted by Crippen LogP contribution is -2.33. The summed E-state index contributed by atoms with van der Waals surface area (Å²) in [4.78, 5) is 0. The first-order valence-corrected chi connectivity index (χ1v) is 11.9. The van der Waals surface area contributed by atoms with Crippen LogP contribution in [0.2, 0.25) is 0 Å². The zero-order valence-corrected chi connectivity index (χ0v) is 20.7. The molecular weight excluding hydrogens is 376 g/mol. The zero-order valence-electron chi connectivity index (χ0n) is 20.7. The molecule has 0 radical (unpaired) electrons. The van der Waals surface area contributed by atoms with E-state index in [2.05, 4.69) is 103 Å². The van der Waals surface area contributed by atoms with Gasteiger partial charge in [0.2, 0.25) is 0 Å². The highest BCUT2D eigenvalue weighted by molar-refractivity contribution is 5.64. The van der Waals surface area contributed by atoms with Crippen LogP contribution in [0.25, 0.3) is 11.1 Å². The Morgan fingerprint density at radius 3 is 1.23 bits per heavy atom. The van der Waals surface area contributed by atoms with Gasteiger partial charge >= 0.3 is 0 Å². The number of allylic oxidation sites excluding steroid dienone is 2. The Morgan fingerprint density at radius 2 is 0.968 bits per heavy atom. The van der Waals surface area contributed by atoms with E-state index in [1.54, 1.807) is 0 Å². The highest BCUT2D eigenvalue weighted by Gasteiger charge is 2.29. The van der Waals surface area contributed by atoms with Gasteiger partial charge in [0.05, 0.1) is 13.2 Å². The van der Waals surface area contributed by atoms with Crippen LogP contribution in [0.5, 0.6) is 0 Å². The smallest absolute Gasteiger partial charge is 0.0560 e. The van der Waals surface area contributed by atoms with Crippen molar-refractivity contribution in [2.45, 2.75) is 78.1 Å². The highest BCUT2D eigenvalue weighted by Crippen LogP contribution is 2.33. The van der Waals surface area contributed by atoms with Gasteiger partial charge in [0.1, 0.15) is 0 Å². The standard InChI is InChI=1S/C30H42O/c1-9-23(5)25-13-17-27(18-14-25)29(7,11-3)21-31-22-30(8,12-4)28-19-15-26(16-20-28)24(6)10-2/h13-20H,5-6,9-12,21-22H2,1-4,7-8H3. The number of hydrogen-bond acceptors (Lipinski definition) is 1. The van der Waals surface area contributed by atoms with E-state index in [4.69, 9.17) is 4.74 Å². The Morgan fingerprint density at radius 1 is 0.645 bits per heavy atom. The van der Waals surface area contributed by atoms with E-state index >= 15 is 0 Å². The van der Waals surface area contributed by atoms with Gasteiger partial charge < -0.3 is 4.74 Å². The summed E-state index contributed by atoms with van der Waals surface area (Å²) in [7, 11) is 0. The second-order valence-corrected chi connectivity index (χ2v) is 9.39. The minimum Gasteiger partial charge on any atom is -0.380 e. The van der Waals surface area contributed by atoms with Crippen molar-refractivity contribution in [3.05, 3.63) is 83.9 Å². The zero-order chi connectivity index (χ0) is 23.1. The fraction of sp³-hybridized carbons (Fsp3) is 0.467. The van der Waals surface area contributed by atoms with E-state index in [0.29, 0.717) is 0 Å². The summed E-state index contributed by atoms with van der Waals surface area (Å²) < 4.78 is 6.42. The average Bonchev–Trinajstić information content (AvgIpc) is 2.82. The maximum absolute atomic E-state index is 6.42. The molecule has 168 valence electrons. The second-order valence-electron chi connectivity index (χ2n) is 9.39. The van der Waals surface area contributed by atoms with Crippen molar-refractivity contribution in [3.8, 4) is 0 Å². The van der Waals surface area contributed by atoms with Crippen molar-refractivity contribution >= 4 is 11.1 Å². The van der Waals surface area contributed by atoms with E-state index < -0.39 is 0 Å². The van der Waals surface area contributed by atoms with Gasteiger partial charge in [-0.15, -0.1) is 0 Å². The lowest BCUT2D eigenvalue weighted by atomic mass is 9.79. The maximum atomic E-state index is 6.42. The van der Waals surface area contributed by atoms with Gasteiger partial charge in [0.25, 0.3) is 0 Å². The van der Waals surface area contributed by atoms with Crippen LogP contribution >= 0.6 is 0 Å². The molecule has 1 heteroatoms. The SMILES string of the molecule is C=C(CC)c1ccc(C(C)(CC)COCC(C)(CC)c2ccc(C(=C)CC)cc2)cc1. The lowest BCUT2D eigenvalue weighted by molar-refractivity contribution is 0.0510. The van der Waals surface area contributed by atoms with Crippen LogP contribution in [-0.2, 0) is 15.6 Å². The summed E-state index contributed by atoms with van der Waals surface area (Å²) in [5, 5.41) is 0. The average molecular weight is 419 g/mol. The molecule has 0 bridgehead atoms. The van der Waals surface area contributed by atoms with E-state index in [0.717, 1.165) is 38.9 Å². The summed E-state index contributed by atoms with van der Waals surface area (Å²) in [5.74, 6) is 0. The third-order valence-electron chi connectivity index (χ3n) is 7.24. The highest BCUT2D eigenvalue weighted by atomic mass is 16.5. The third kappa shape index (κ3) is 5.98. The minimum absolute atomic E-state index is 0.00343. The summed E-state index contributed by atoms with van der Waals surface area (Å²) in [6.45, 7) is 23.2. The normalized spacial score (nSPS) is 15.2. The van der Waals surface area contributed by atoms with Crippen LogP contribution in [0, 0.1) is 0 Å². The Kier molecular flexibility index (Phi) is 8.89. The molecule has 0 heterocycles. The van der Waals surface area contributed by atoms with Crippen molar-refractivity contribution in [1.82, 2.24) is 0 Å². The topological polar surface area (TPSA) is 9.23 Å². The Bertz CT molecular complexity index is 785. The van der Waals surface area contributed by atoms with E-state index in [-0.39, 0.29) is 10.8 Å². The Labute approximate surface area is 191 Å². The molecule has 0 aliphatic rings. The monoisotopic (exact) mass is 418 g/mol. The predicted octanol–water partition coefficient (Wildman–Crippen LogP) is 8.59. The molecule has 0 aliphatic carbocycles. The van der Waals surface area contributed by atoms with Crippen molar-refractivity contribution in [2.75, 3.05) is 13.2 Å². The van der Waals surface area contributed by atoms with Gasteiger partial charge in [-0.1, -0.05) is 103 Å². The first-order chi connectivity index (χ1) is 14.7. The van der Waals surface area contributed by atoms with Crippen molar-refractivity contribution < 1.29 is 4.74 Å². The van der Waals surface area contributed by atoms with Crippen LogP contribution < -0.4 is 0 Å². The molecule has 2 unspecified atom stereocenters. The lowest BCUT2D eigenvalue weighted by Gasteiger charge is -2.33. The van der Waals surface area contributed by atoms with Gasteiger partial charge in [-0.3, -0.25) is 0 Å². The quantitative estimate of drug-likeness (QED) is 0.335. The molecule has 0 N–H and O–H groups in total. The maximum Gasteiger partial charge on any atom is 0.0560 e. The first-order valence-electron chi connectivity index (χ1n) is 11.9. The number of ether oxygens (including phenoxy) is 1. The van der Waals surface area contributed by atoms with Gasteiger partial charge in [0, 0.05) is 10.8 Å². The van der Waals surface area contributed by atoms with Crippen molar-refractivity contribution in [2.24, 2.45) is 0 Å². The molecule has 0 aliphatic heterocycles. The summed E-state index contributed by atoms with van der Waals surface area (Å²) in [6, 6.07) is 17.8. The Balaban J connectivity index is 2.10. The van der Waals surface area contributed by atoms with Gasteiger partial charge in [0.15, 0.2) is 0 Å². The number of hydrogen-bond donors (Lipinski definition) is 0. The summed E-state index contributed by atoms with van der Waals surface area (Å²) in [6.07, 6.45) is 4.04. The van der Waals surface area contributed by atoms with Crippen molar-refractivity contribution in [3.63, 3.8) is 0 Å². The molecule has 2 aromatic rings. The van der Waals surface area contributed by atoms with E-state index in [1.165, 1.54) is 33.4 Å². The molecule has 0 spiro atoms. The molecule has 0 saturated carbocycles. The van der Waals surface area contributed by atoms with Gasteiger partial charge in [-0.2, -0.15) is 0 Å². The fourth-order valence-corrected chi connectivity index (χ4v) is 3.91. The van der Waals surface area contributed by atoms with Crippen LogP contribution in [0.4, 0.5) is 0 Å². The van der Waals surface area contributed by atoms with Crippen molar-refractivity contribution in [1.29, 1.82) is 0 Å². The molecule has 0 saturated heterocycles. The second kappa shape index (κ2) is 11.0. The molecule has 2 rings (SSSR count). The summed E-state index contributed by atoms with van der Waals surface area (Å²) >= 11 is 0. The van der Waals surface area contributed by atoms with E-state index in [1.807, 2.05) is 0 Å².